The molecule has 2 aliphatic rings. The zero-order chi connectivity index (χ0) is 15.0. The largest absolute Gasteiger partial charge is 0.348 e. The second-order valence-corrected chi connectivity index (χ2v) is 8.72. The molecule has 1 saturated carbocycles. The van der Waals surface area contributed by atoms with Gasteiger partial charge in [-0.15, -0.1) is 0 Å². The van der Waals surface area contributed by atoms with Crippen molar-refractivity contribution in [2.24, 2.45) is 11.1 Å². The highest BCUT2D eigenvalue weighted by atomic mass is 32.1. The minimum absolute atomic E-state index is 0.178. The number of hydrogen-bond donors (Lipinski definition) is 1. The normalized spacial score (nSPS) is 26.2. The standard InChI is InChI=1S/C17H29N3S/c1-17(2)10-13(18)15-14(11-17)19-16(21-15)20(3)12-8-6-4-5-7-9-12/h12-13H,4-11,18H2,1-3H3. The van der Waals surface area contributed by atoms with Crippen LogP contribution >= 0.6 is 11.3 Å². The van der Waals surface area contributed by atoms with Crippen molar-refractivity contribution in [1.29, 1.82) is 0 Å². The molecule has 1 aromatic rings. The summed E-state index contributed by atoms with van der Waals surface area (Å²) in [5.74, 6) is 0. The zero-order valence-corrected chi connectivity index (χ0v) is 14.5. The Bertz CT molecular complexity index is 486. The first-order valence-electron chi connectivity index (χ1n) is 8.44. The SMILES string of the molecule is CN(c1nc2c(s1)C(N)CC(C)(C)C2)C1CCCCCC1. The molecule has 118 valence electrons. The lowest BCUT2D eigenvalue weighted by molar-refractivity contribution is 0.282. The minimum atomic E-state index is 0.178. The van der Waals surface area contributed by atoms with Gasteiger partial charge in [0, 0.05) is 24.0 Å². The molecule has 0 amide bonds. The van der Waals surface area contributed by atoms with Gasteiger partial charge in [0.1, 0.15) is 0 Å². The first-order valence-corrected chi connectivity index (χ1v) is 9.26. The molecule has 1 aromatic heterocycles. The number of rotatable bonds is 2. The summed E-state index contributed by atoms with van der Waals surface area (Å²) in [7, 11) is 2.23. The molecule has 0 spiro atoms. The van der Waals surface area contributed by atoms with Gasteiger partial charge in [0.05, 0.1) is 5.69 Å². The number of aromatic nitrogens is 1. The van der Waals surface area contributed by atoms with Crippen LogP contribution in [0.4, 0.5) is 5.13 Å². The molecule has 0 bridgehead atoms. The molecule has 3 rings (SSSR count). The first-order chi connectivity index (χ1) is 9.96. The molecule has 0 aliphatic heterocycles. The molecule has 0 radical (unpaired) electrons. The van der Waals surface area contributed by atoms with E-state index in [0.717, 1.165) is 12.8 Å². The third kappa shape index (κ3) is 3.26. The Labute approximate surface area is 132 Å². The van der Waals surface area contributed by atoms with Gasteiger partial charge in [-0.3, -0.25) is 0 Å². The Morgan fingerprint density at radius 2 is 1.86 bits per heavy atom. The van der Waals surface area contributed by atoms with Gasteiger partial charge in [0.25, 0.3) is 0 Å². The number of nitrogens with two attached hydrogens (primary N) is 1. The highest BCUT2D eigenvalue weighted by Crippen LogP contribution is 2.44. The van der Waals surface area contributed by atoms with Crippen molar-refractivity contribution in [2.75, 3.05) is 11.9 Å². The van der Waals surface area contributed by atoms with E-state index in [0.29, 0.717) is 11.5 Å². The maximum atomic E-state index is 6.39. The predicted octanol–water partition coefficient (Wildman–Crippen LogP) is 4.27. The third-order valence-electron chi connectivity index (χ3n) is 5.15. The monoisotopic (exact) mass is 307 g/mol. The summed E-state index contributed by atoms with van der Waals surface area (Å²) in [6.07, 6.45) is 10.3. The fourth-order valence-electron chi connectivity index (χ4n) is 3.93. The van der Waals surface area contributed by atoms with Gasteiger partial charge < -0.3 is 10.6 Å². The van der Waals surface area contributed by atoms with E-state index in [1.54, 1.807) is 0 Å². The molecule has 4 heteroatoms. The lowest BCUT2D eigenvalue weighted by atomic mass is 9.77. The Balaban J connectivity index is 1.80. The fraction of sp³-hybridized carbons (Fsp3) is 0.824. The average Bonchev–Trinajstić information content (AvgIpc) is 2.65. The molecule has 1 unspecified atom stereocenters. The molecule has 2 aliphatic carbocycles. The summed E-state index contributed by atoms with van der Waals surface area (Å²) < 4.78 is 0. The van der Waals surface area contributed by atoms with Gasteiger partial charge in [0.2, 0.25) is 0 Å². The van der Waals surface area contributed by atoms with Crippen LogP contribution in [-0.2, 0) is 6.42 Å². The predicted molar refractivity (Wildman–Crippen MR) is 91.0 cm³/mol. The minimum Gasteiger partial charge on any atom is -0.348 e. The molecule has 3 nitrogen and oxygen atoms in total. The van der Waals surface area contributed by atoms with E-state index in [9.17, 15) is 0 Å². The van der Waals surface area contributed by atoms with Gasteiger partial charge in [-0.1, -0.05) is 50.9 Å². The second-order valence-electron chi connectivity index (χ2n) is 7.72. The molecule has 0 aromatic carbocycles. The summed E-state index contributed by atoms with van der Waals surface area (Å²) >= 11 is 1.84. The number of thiazole rings is 1. The van der Waals surface area contributed by atoms with Crippen LogP contribution in [0.3, 0.4) is 0 Å². The van der Waals surface area contributed by atoms with E-state index in [4.69, 9.17) is 10.7 Å². The number of hydrogen-bond acceptors (Lipinski definition) is 4. The highest BCUT2D eigenvalue weighted by molar-refractivity contribution is 7.15. The van der Waals surface area contributed by atoms with E-state index < -0.39 is 0 Å². The molecule has 1 heterocycles. The summed E-state index contributed by atoms with van der Waals surface area (Å²) in [6, 6.07) is 0.849. The maximum Gasteiger partial charge on any atom is 0.185 e. The molecular formula is C17H29N3S. The van der Waals surface area contributed by atoms with E-state index in [-0.39, 0.29) is 6.04 Å². The van der Waals surface area contributed by atoms with Crippen molar-refractivity contribution in [3.63, 3.8) is 0 Å². The van der Waals surface area contributed by atoms with E-state index in [1.807, 2.05) is 11.3 Å². The number of nitrogens with zero attached hydrogens (tertiary/aromatic N) is 2. The molecule has 21 heavy (non-hydrogen) atoms. The fourth-order valence-corrected chi connectivity index (χ4v) is 5.05. The summed E-state index contributed by atoms with van der Waals surface area (Å²) in [6.45, 7) is 4.62. The van der Waals surface area contributed by atoms with Crippen molar-refractivity contribution in [2.45, 2.75) is 77.3 Å². The first kappa shape index (κ1) is 15.3. The Hall–Kier alpha value is -0.610. The topological polar surface area (TPSA) is 42.2 Å². The smallest absolute Gasteiger partial charge is 0.185 e. The van der Waals surface area contributed by atoms with Crippen LogP contribution in [-0.4, -0.2) is 18.1 Å². The number of fused-ring (bicyclic) bond motifs is 1. The Morgan fingerprint density at radius 3 is 2.52 bits per heavy atom. The Kier molecular flexibility index (Phi) is 4.28. The summed E-state index contributed by atoms with van der Waals surface area (Å²) in [5, 5.41) is 1.19. The maximum absolute atomic E-state index is 6.39. The zero-order valence-electron chi connectivity index (χ0n) is 13.7. The van der Waals surface area contributed by atoms with Crippen LogP contribution in [0, 0.1) is 5.41 Å². The molecule has 0 saturated heterocycles. The molecule has 1 fully saturated rings. The van der Waals surface area contributed by atoms with Gasteiger partial charge in [-0.05, 0) is 31.1 Å². The lowest BCUT2D eigenvalue weighted by Crippen LogP contribution is -2.31. The Morgan fingerprint density at radius 1 is 1.19 bits per heavy atom. The van der Waals surface area contributed by atoms with Crippen LogP contribution < -0.4 is 10.6 Å². The second kappa shape index (κ2) is 5.88. The van der Waals surface area contributed by atoms with E-state index in [1.165, 1.54) is 54.2 Å². The lowest BCUT2D eigenvalue weighted by Gasteiger charge is -2.32. The van der Waals surface area contributed by atoms with Crippen molar-refractivity contribution in [3.8, 4) is 0 Å². The van der Waals surface area contributed by atoms with Crippen LogP contribution in [0.25, 0.3) is 0 Å². The summed E-state index contributed by atoms with van der Waals surface area (Å²) in [5.41, 5.74) is 7.94. The highest BCUT2D eigenvalue weighted by Gasteiger charge is 2.34. The third-order valence-corrected chi connectivity index (χ3v) is 6.47. The van der Waals surface area contributed by atoms with Gasteiger partial charge in [0.15, 0.2) is 5.13 Å². The number of anilines is 1. The average molecular weight is 308 g/mol. The van der Waals surface area contributed by atoms with E-state index in [2.05, 4.69) is 25.8 Å². The quantitative estimate of drug-likeness (QED) is 0.829. The van der Waals surface area contributed by atoms with Crippen molar-refractivity contribution >= 4 is 16.5 Å². The van der Waals surface area contributed by atoms with Crippen molar-refractivity contribution in [1.82, 2.24) is 4.98 Å². The van der Waals surface area contributed by atoms with Crippen LogP contribution in [0.5, 0.6) is 0 Å². The van der Waals surface area contributed by atoms with Gasteiger partial charge in [-0.2, -0.15) is 0 Å². The molecular weight excluding hydrogens is 278 g/mol. The summed E-state index contributed by atoms with van der Waals surface area (Å²) in [4.78, 5) is 8.74. The molecule has 1 atom stereocenters. The van der Waals surface area contributed by atoms with Crippen molar-refractivity contribution in [3.05, 3.63) is 10.6 Å². The van der Waals surface area contributed by atoms with Crippen LogP contribution in [0.1, 0.15) is 75.4 Å². The van der Waals surface area contributed by atoms with Crippen LogP contribution in [0.15, 0.2) is 0 Å². The molecule has 2 N–H and O–H groups in total. The van der Waals surface area contributed by atoms with Gasteiger partial charge in [-0.25, -0.2) is 4.98 Å². The van der Waals surface area contributed by atoms with E-state index >= 15 is 0 Å². The van der Waals surface area contributed by atoms with Crippen molar-refractivity contribution < 1.29 is 0 Å². The van der Waals surface area contributed by atoms with Crippen LogP contribution in [0.2, 0.25) is 0 Å². The van der Waals surface area contributed by atoms with Gasteiger partial charge >= 0.3 is 0 Å².